The summed E-state index contributed by atoms with van der Waals surface area (Å²) in [5.74, 6) is 0.162. The molecular weight excluding hydrogens is 294 g/mol. The molecule has 0 N–H and O–H groups in total. The Morgan fingerprint density at radius 3 is 2.94 bits per heavy atom. The van der Waals surface area contributed by atoms with Gasteiger partial charge in [-0.3, -0.25) is 9.69 Å². The number of piperazine rings is 1. The largest absolute Gasteiger partial charge is 0.345 e. The molecular formula is C13H18BrN3O. The van der Waals surface area contributed by atoms with Crippen LogP contribution in [0.25, 0.3) is 0 Å². The van der Waals surface area contributed by atoms with Gasteiger partial charge < -0.3 is 9.47 Å². The Morgan fingerprint density at radius 2 is 2.22 bits per heavy atom. The van der Waals surface area contributed by atoms with Gasteiger partial charge in [0.25, 0.3) is 5.91 Å². The number of fused-ring (bicyclic) bond motifs is 1. The van der Waals surface area contributed by atoms with Gasteiger partial charge >= 0.3 is 0 Å². The number of carbonyl (C=O) groups excluding carboxylic acids is 1. The molecule has 3 rings (SSSR count). The topological polar surface area (TPSA) is 28.5 Å². The predicted octanol–water partition coefficient (Wildman–Crippen LogP) is 1.71. The predicted molar refractivity (Wildman–Crippen MR) is 73.6 cm³/mol. The summed E-state index contributed by atoms with van der Waals surface area (Å²) >= 11 is 3.42. The zero-order chi connectivity index (χ0) is 12.7. The van der Waals surface area contributed by atoms with Crippen molar-refractivity contribution in [3.05, 3.63) is 22.4 Å². The van der Waals surface area contributed by atoms with Crippen LogP contribution in [0.5, 0.6) is 0 Å². The Labute approximate surface area is 116 Å². The lowest BCUT2D eigenvalue weighted by molar-refractivity contribution is 0.0562. The average molecular weight is 312 g/mol. The fourth-order valence-corrected chi connectivity index (χ4v) is 3.60. The van der Waals surface area contributed by atoms with E-state index >= 15 is 0 Å². The molecule has 0 aromatic carbocycles. The van der Waals surface area contributed by atoms with Crippen molar-refractivity contribution in [3.63, 3.8) is 0 Å². The van der Waals surface area contributed by atoms with Crippen LogP contribution in [0.3, 0.4) is 0 Å². The summed E-state index contributed by atoms with van der Waals surface area (Å²) in [6, 6.07) is 2.50. The maximum Gasteiger partial charge on any atom is 0.270 e. The van der Waals surface area contributed by atoms with E-state index in [1.54, 1.807) is 0 Å². The molecule has 0 spiro atoms. The van der Waals surface area contributed by atoms with Gasteiger partial charge in [-0.1, -0.05) is 0 Å². The minimum atomic E-state index is 0.162. The highest BCUT2D eigenvalue weighted by molar-refractivity contribution is 9.10. The summed E-state index contributed by atoms with van der Waals surface area (Å²) in [6.45, 7) is 3.99. The fraction of sp³-hybridized carbons (Fsp3) is 0.615. The van der Waals surface area contributed by atoms with E-state index in [9.17, 15) is 4.79 Å². The number of hydrogen-bond acceptors (Lipinski definition) is 2. The van der Waals surface area contributed by atoms with Gasteiger partial charge in [-0.05, 0) is 41.4 Å². The molecule has 1 unspecified atom stereocenters. The van der Waals surface area contributed by atoms with Gasteiger partial charge in [-0.25, -0.2) is 0 Å². The molecule has 0 aliphatic carbocycles. The summed E-state index contributed by atoms with van der Waals surface area (Å²) in [4.78, 5) is 17.0. The number of aromatic nitrogens is 1. The minimum Gasteiger partial charge on any atom is -0.345 e. The van der Waals surface area contributed by atoms with Gasteiger partial charge in [0.05, 0.1) is 0 Å². The van der Waals surface area contributed by atoms with E-state index in [0.717, 1.165) is 29.8 Å². The van der Waals surface area contributed by atoms with E-state index in [1.165, 1.54) is 19.4 Å². The molecule has 3 heterocycles. The third-order valence-electron chi connectivity index (χ3n) is 4.07. The second-order valence-corrected chi connectivity index (χ2v) is 6.15. The number of rotatable bonds is 1. The number of hydrogen-bond donors (Lipinski definition) is 0. The van der Waals surface area contributed by atoms with Gasteiger partial charge in [0, 0.05) is 43.4 Å². The van der Waals surface area contributed by atoms with Crippen LogP contribution in [0, 0.1) is 0 Å². The maximum atomic E-state index is 12.5. The van der Waals surface area contributed by atoms with Gasteiger partial charge in [0.2, 0.25) is 0 Å². The normalized spacial score (nSPS) is 24.3. The van der Waals surface area contributed by atoms with Crippen LogP contribution in [-0.4, -0.2) is 52.5 Å². The molecule has 2 aliphatic heterocycles. The van der Waals surface area contributed by atoms with Gasteiger partial charge in [0.1, 0.15) is 5.69 Å². The third-order valence-corrected chi connectivity index (χ3v) is 4.50. The first-order chi connectivity index (χ1) is 8.65. The first kappa shape index (κ1) is 12.2. The van der Waals surface area contributed by atoms with Crippen molar-refractivity contribution in [2.75, 3.05) is 26.2 Å². The summed E-state index contributed by atoms with van der Waals surface area (Å²) in [7, 11) is 1.92. The minimum absolute atomic E-state index is 0.162. The molecule has 0 radical (unpaired) electrons. The molecule has 5 heteroatoms. The van der Waals surface area contributed by atoms with E-state index in [-0.39, 0.29) is 5.91 Å². The van der Waals surface area contributed by atoms with Crippen molar-refractivity contribution in [1.29, 1.82) is 0 Å². The van der Waals surface area contributed by atoms with Crippen LogP contribution in [0.4, 0.5) is 0 Å². The lowest BCUT2D eigenvalue weighted by Gasteiger charge is -2.37. The van der Waals surface area contributed by atoms with Crippen LogP contribution in [-0.2, 0) is 7.05 Å². The number of aryl methyl sites for hydroxylation is 1. The van der Waals surface area contributed by atoms with E-state index in [0.29, 0.717) is 6.04 Å². The van der Waals surface area contributed by atoms with Crippen LogP contribution in [0.2, 0.25) is 0 Å². The molecule has 18 heavy (non-hydrogen) atoms. The molecule has 4 nitrogen and oxygen atoms in total. The Balaban J connectivity index is 1.75. The van der Waals surface area contributed by atoms with Crippen molar-refractivity contribution in [3.8, 4) is 0 Å². The monoisotopic (exact) mass is 311 g/mol. The van der Waals surface area contributed by atoms with Crippen molar-refractivity contribution in [2.24, 2.45) is 7.05 Å². The highest BCUT2D eigenvalue weighted by Crippen LogP contribution is 2.23. The first-order valence-corrected chi connectivity index (χ1v) is 7.29. The zero-order valence-electron chi connectivity index (χ0n) is 10.6. The third kappa shape index (κ3) is 2.10. The highest BCUT2D eigenvalue weighted by Gasteiger charge is 2.33. The highest BCUT2D eigenvalue weighted by atomic mass is 79.9. The number of amides is 1. The van der Waals surface area contributed by atoms with Crippen LogP contribution >= 0.6 is 15.9 Å². The second-order valence-electron chi connectivity index (χ2n) is 5.24. The molecule has 0 bridgehead atoms. The van der Waals surface area contributed by atoms with E-state index < -0.39 is 0 Å². The van der Waals surface area contributed by atoms with E-state index in [2.05, 4.69) is 20.8 Å². The summed E-state index contributed by atoms with van der Waals surface area (Å²) < 4.78 is 2.86. The van der Waals surface area contributed by atoms with Crippen molar-refractivity contribution in [2.45, 2.75) is 18.9 Å². The summed E-state index contributed by atoms with van der Waals surface area (Å²) in [5.41, 5.74) is 0.772. The van der Waals surface area contributed by atoms with Crippen molar-refractivity contribution < 1.29 is 4.79 Å². The first-order valence-electron chi connectivity index (χ1n) is 6.50. The van der Waals surface area contributed by atoms with Crippen molar-refractivity contribution in [1.82, 2.24) is 14.4 Å². The van der Waals surface area contributed by atoms with Gasteiger partial charge in [-0.15, -0.1) is 0 Å². The quantitative estimate of drug-likeness (QED) is 0.790. The number of halogens is 1. The molecule has 2 fully saturated rings. The summed E-state index contributed by atoms with van der Waals surface area (Å²) in [6.07, 6.45) is 4.45. The molecule has 2 saturated heterocycles. The fourth-order valence-electron chi connectivity index (χ4n) is 3.07. The van der Waals surface area contributed by atoms with Gasteiger partial charge in [-0.2, -0.15) is 0 Å². The SMILES string of the molecule is Cn1cc(Br)cc1C(=O)N1CCN2CCCC2C1. The van der Waals surface area contributed by atoms with E-state index in [1.807, 2.05) is 28.8 Å². The summed E-state index contributed by atoms with van der Waals surface area (Å²) in [5, 5.41) is 0. The van der Waals surface area contributed by atoms with Gasteiger partial charge in [0.15, 0.2) is 0 Å². The molecule has 1 amide bonds. The van der Waals surface area contributed by atoms with Crippen LogP contribution < -0.4 is 0 Å². The van der Waals surface area contributed by atoms with Crippen LogP contribution in [0.1, 0.15) is 23.3 Å². The number of carbonyl (C=O) groups is 1. The molecule has 2 aliphatic rings. The smallest absolute Gasteiger partial charge is 0.270 e. The lowest BCUT2D eigenvalue weighted by atomic mass is 10.1. The van der Waals surface area contributed by atoms with E-state index in [4.69, 9.17) is 0 Å². The lowest BCUT2D eigenvalue weighted by Crippen LogP contribution is -2.52. The van der Waals surface area contributed by atoms with Crippen molar-refractivity contribution >= 4 is 21.8 Å². The molecule has 1 atom stereocenters. The van der Waals surface area contributed by atoms with Crippen LogP contribution in [0.15, 0.2) is 16.7 Å². The second kappa shape index (κ2) is 4.70. The molecule has 0 saturated carbocycles. The molecule has 1 aromatic heterocycles. The zero-order valence-corrected chi connectivity index (χ0v) is 12.2. The maximum absolute atomic E-state index is 12.5. The Morgan fingerprint density at radius 1 is 1.39 bits per heavy atom. The Kier molecular flexibility index (Phi) is 3.20. The number of nitrogens with zero attached hydrogens (tertiary/aromatic N) is 3. The Bertz CT molecular complexity index is 471. The molecule has 98 valence electrons. The average Bonchev–Trinajstić information content (AvgIpc) is 2.93. The molecule has 1 aromatic rings. The standard InChI is InChI=1S/C13H18BrN3O/c1-15-8-10(14)7-12(15)13(18)17-6-5-16-4-2-3-11(16)9-17/h7-8,11H,2-6,9H2,1H3. The Hall–Kier alpha value is -0.810.